The number of nitrogens with zero attached hydrogens (tertiary/aromatic N) is 5. The van der Waals surface area contributed by atoms with E-state index in [4.69, 9.17) is 36.8 Å². The molecule has 0 spiro atoms. The second-order valence-corrected chi connectivity index (χ2v) is 10.4. The van der Waals surface area contributed by atoms with Crippen molar-refractivity contribution in [3.8, 4) is 0 Å². The third kappa shape index (κ3) is 10.2. The monoisotopic (exact) mass is 605 g/mol. The van der Waals surface area contributed by atoms with E-state index < -0.39 is 36.4 Å². The zero-order valence-electron chi connectivity index (χ0n) is 23.1. The van der Waals surface area contributed by atoms with Crippen LogP contribution in [0.3, 0.4) is 0 Å². The van der Waals surface area contributed by atoms with Crippen molar-refractivity contribution in [3.05, 3.63) is 71.5 Å². The summed E-state index contributed by atoms with van der Waals surface area (Å²) in [5.74, 6) is -5.02. The van der Waals surface area contributed by atoms with Gasteiger partial charge in [-0.05, 0) is 43.4 Å². The van der Waals surface area contributed by atoms with Crippen molar-refractivity contribution in [2.45, 2.75) is 70.0 Å². The maximum absolute atomic E-state index is 10.3. The van der Waals surface area contributed by atoms with E-state index in [9.17, 15) is 14.4 Å². The van der Waals surface area contributed by atoms with Crippen molar-refractivity contribution in [2.24, 2.45) is 0 Å². The smallest absolute Gasteiger partial charge is 0.336 e. The Bertz CT molecular complexity index is 1280. The number of halogens is 1. The van der Waals surface area contributed by atoms with Gasteiger partial charge in [0.1, 0.15) is 0 Å². The number of rotatable bonds is 14. The molecule has 3 heterocycles. The van der Waals surface area contributed by atoms with Crippen LogP contribution in [0.2, 0.25) is 5.02 Å². The molecule has 1 aliphatic rings. The Morgan fingerprint density at radius 1 is 1.05 bits per heavy atom. The molecule has 0 saturated carbocycles. The van der Waals surface area contributed by atoms with Gasteiger partial charge in [-0.1, -0.05) is 29.8 Å². The lowest BCUT2D eigenvalue weighted by atomic mass is 9.96. The molecule has 13 nitrogen and oxygen atoms in total. The lowest BCUT2D eigenvalue weighted by Crippen LogP contribution is -2.42. The molecule has 3 aromatic rings. The lowest BCUT2D eigenvalue weighted by Gasteiger charge is -2.27. The van der Waals surface area contributed by atoms with Gasteiger partial charge in [0.05, 0.1) is 24.9 Å². The number of hydrogen-bond acceptors (Lipinski definition) is 8. The van der Waals surface area contributed by atoms with E-state index in [2.05, 4.69) is 36.4 Å². The summed E-state index contributed by atoms with van der Waals surface area (Å²) >= 11 is 6.44. The number of imidazole rings is 1. The fourth-order valence-electron chi connectivity index (χ4n) is 4.56. The lowest BCUT2D eigenvalue weighted by molar-refractivity contribution is -0.170. The van der Waals surface area contributed by atoms with Crippen LogP contribution in [0.25, 0.3) is 0 Å². The van der Waals surface area contributed by atoms with Gasteiger partial charge < -0.3 is 29.7 Å². The van der Waals surface area contributed by atoms with Crippen LogP contribution in [0.1, 0.15) is 56.0 Å². The zero-order valence-corrected chi connectivity index (χ0v) is 23.8. The number of carboxylic acids is 3. The van der Waals surface area contributed by atoms with Crippen LogP contribution in [0, 0.1) is 0 Å². The molecule has 4 rings (SSSR count). The summed E-state index contributed by atoms with van der Waals surface area (Å²) in [6, 6.07) is 10.2. The molecule has 1 fully saturated rings. The quantitative estimate of drug-likeness (QED) is 0.212. The van der Waals surface area contributed by atoms with Crippen LogP contribution >= 0.6 is 11.6 Å². The molecule has 42 heavy (non-hydrogen) atoms. The molecule has 14 heteroatoms. The van der Waals surface area contributed by atoms with Crippen molar-refractivity contribution >= 4 is 29.5 Å². The van der Waals surface area contributed by atoms with E-state index >= 15 is 0 Å². The molecule has 0 bridgehead atoms. The summed E-state index contributed by atoms with van der Waals surface area (Å²) in [4.78, 5) is 37.1. The maximum Gasteiger partial charge on any atom is 0.336 e. The average molecular weight is 606 g/mol. The van der Waals surface area contributed by atoms with Gasteiger partial charge in [-0.2, -0.15) is 5.10 Å². The van der Waals surface area contributed by atoms with Crippen LogP contribution in [0.4, 0.5) is 0 Å². The SMILES string of the molecule is Clc1ccccc1CN(CCCn1ccnc1)Cc1ccnn1C1CCCCO1.O=C(O)CC(O)(CC(=O)O)C(=O)O. The van der Waals surface area contributed by atoms with Gasteiger partial charge in [-0.3, -0.25) is 14.5 Å². The van der Waals surface area contributed by atoms with Crippen LogP contribution in [-0.4, -0.2) is 81.3 Å². The first-order chi connectivity index (χ1) is 20.1. The highest BCUT2D eigenvalue weighted by Gasteiger charge is 2.40. The molecule has 1 unspecified atom stereocenters. The predicted molar refractivity (Wildman–Crippen MR) is 151 cm³/mol. The summed E-state index contributed by atoms with van der Waals surface area (Å²) in [6.45, 7) is 4.34. The van der Waals surface area contributed by atoms with Gasteiger partial charge in [0, 0.05) is 56.4 Å². The van der Waals surface area contributed by atoms with Crippen LogP contribution < -0.4 is 0 Å². The van der Waals surface area contributed by atoms with Gasteiger partial charge in [-0.15, -0.1) is 0 Å². The third-order valence-corrected chi connectivity index (χ3v) is 7.02. The maximum atomic E-state index is 10.3. The number of carbonyl (C=O) groups is 3. The number of aliphatic carboxylic acids is 3. The van der Waals surface area contributed by atoms with Gasteiger partial charge >= 0.3 is 17.9 Å². The van der Waals surface area contributed by atoms with E-state index in [1.54, 1.807) is 0 Å². The molecule has 1 saturated heterocycles. The predicted octanol–water partition coefficient (Wildman–Crippen LogP) is 3.28. The molecular formula is C28H36ClN5O8. The Morgan fingerprint density at radius 2 is 1.79 bits per heavy atom. The summed E-state index contributed by atoms with van der Waals surface area (Å²) in [5, 5.41) is 39.2. The molecule has 228 valence electrons. The Balaban J connectivity index is 0.000000316. The molecule has 1 aromatic carbocycles. The van der Waals surface area contributed by atoms with Gasteiger partial charge in [-0.25, -0.2) is 14.5 Å². The topological polar surface area (TPSA) is 180 Å². The van der Waals surface area contributed by atoms with E-state index in [-0.39, 0.29) is 6.23 Å². The second kappa shape index (κ2) is 16.0. The van der Waals surface area contributed by atoms with Gasteiger partial charge in [0.2, 0.25) is 0 Å². The van der Waals surface area contributed by atoms with Crippen molar-refractivity contribution < 1.29 is 39.5 Å². The number of carboxylic acid groups (broad SMARTS) is 3. The van der Waals surface area contributed by atoms with Crippen molar-refractivity contribution in [3.63, 3.8) is 0 Å². The normalized spacial score (nSPS) is 15.2. The molecule has 1 atom stereocenters. The molecule has 0 radical (unpaired) electrons. The number of ether oxygens (including phenoxy) is 1. The number of hydrogen-bond donors (Lipinski definition) is 4. The standard InChI is InChI=1S/C22H28ClN5O.C6H8O7/c23-21-7-2-1-6-19(21)16-27(13-5-12-26-14-11-24-18-26)17-20-9-10-25-28(20)22-8-3-4-15-29-22;7-3(8)1-6(13,5(11)12)2-4(9)10/h1-2,6-7,9-11,14,18,22H,3-5,8,12-13,15-17H2;13H,1-2H2,(H,7,8)(H,9,10)(H,11,12). The van der Waals surface area contributed by atoms with E-state index in [0.717, 1.165) is 62.6 Å². The van der Waals surface area contributed by atoms with Gasteiger partial charge in [0.25, 0.3) is 0 Å². The molecule has 1 aliphatic heterocycles. The zero-order chi connectivity index (χ0) is 30.5. The summed E-state index contributed by atoms with van der Waals surface area (Å²) in [6.07, 6.45) is 9.75. The second-order valence-electron chi connectivity index (χ2n) is 10.0. The fraction of sp³-hybridized carbons (Fsp3) is 0.464. The minimum absolute atomic E-state index is 0.0573. The summed E-state index contributed by atoms with van der Waals surface area (Å²) in [5.41, 5.74) is -0.402. The Hall–Kier alpha value is -3.78. The van der Waals surface area contributed by atoms with Crippen molar-refractivity contribution in [1.82, 2.24) is 24.2 Å². The molecule has 0 amide bonds. The fourth-order valence-corrected chi connectivity index (χ4v) is 4.76. The number of aromatic nitrogens is 4. The van der Waals surface area contributed by atoms with E-state index in [0.29, 0.717) is 0 Å². The van der Waals surface area contributed by atoms with E-state index in [1.807, 2.05) is 43.1 Å². The van der Waals surface area contributed by atoms with Crippen LogP contribution in [-0.2, 0) is 38.8 Å². The minimum atomic E-state index is -2.74. The molecule has 2 aromatic heterocycles. The Kier molecular flexibility index (Phi) is 12.5. The van der Waals surface area contributed by atoms with Crippen molar-refractivity contribution in [1.29, 1.82) is 0 Å². The highest BCUT2D eigenvalue weighted by Crippen LogP contribution is 2.25. The Morgan fingerprint density at radius 3 is 2.38 bits per heavy atom. The van der Waals surface area contributed by atoms with Crippen molar-refractivity contribution in [2.75, 3.05) is 13.2 Å². The Labute approximate surface area is 247 Å². The highest BCUT2D eigenvalue weighted by molar-refractivity contribution is 6.31. The molecular weight excluding hydrogens is 570 g/mol. The molecule has 0 aliphatic carbocycles. The average Bonchev–Trinajstić information content (AvgIpc) is 3.62. The third-order valence-electron chi connectivity index (χ3n) is 6.65. The number of aryl methyl sites for hydroxylation is 1. The van der Waals surface area contributed by atoms with E-state index in [1.165, 1.54) is 12.1 Å². The van der Waals surface area contributed by atoms with Crippen LogP contribution in [0.15, 0.2) is 55.2 Å². The molecule has 4 N–H and O–H groups in total. The first-order valence-electron chi connectivity index (χ1n) is 13.5. The van der Waals surface area contributed by atoms with Gasteiger partial charge in [0.15, 0.2) is 11.8 Å². The first kappa shape index (κ1) is 32.7. The summed E-state index contributed by atoms with van der Waals surface area (Å²) in [7, 11) is 0. The first-order valence-corrected chi connectivity index (χ1v) is 13.9. The highest BCUT2D eigenvalue weighted by atomic mass is 35.5. The number of aliphatic hydroxyl groups is 1. The summed E-state index contributed by atoms with van der Waals surface area (Å²) < 4.78 is 10.1. The van der Waals surface area contributed by atoms with Crippen LogP contribution in [0.5, 0.6) is 0 Å². The largest absolute Gasteiger partial charge is 0.481 e. The minimum Gasteiger partial charge on any atom is -0.481 e. The number of benzene rings is 1.